The number of amides is 1. The maximum absolute atomic E-state index is 13.2. The number of carbonyl (C=O) groups excluding carboxylic acids is 1. The molecule has 0 aliphatic carbocycles. The number of ether oxygens (including phenoxy) is 1. The summed E-state index contributed by atoms with van der Waals surface area (Å²) in [6, 6.07) is 13.2. The first-order valence-corrected chi connectivity index (χ1v) is 11.2. The third kappa shape index (κ3) is 4.98. The molecule has 0 saturated carbocycles. The molecule has 3 rings (SSSR count). The molecule has 1 heterocycles. The average molecular weight is 435 g/mol. The molecule has 8 heteroatoms. The van der Waals surface area contributed by atoms with Gasteiger partial charge in [0.05, 0.1) is 9.79 Å². The number of halogens is 1. The van der Waals surface area contributed by atoms with E-state index in [0.29, 0.717) is 35.7 Å². The van der Waals surface area contributed by atoms with Gasteiger partial charge in [-0.15, -0.1) is 0 Å². The number of aromatic nitrogens is 1. The van der Waals surface area contributed by atoms with Crippen molar-refractivity contribution in [3.05, 3.63) is 59.8 Å². The second-order valence-corrected chi connectivity index (χ2v) is 8.85. The smallest absolute Gasteiger partial charge is 0.239 e. The Kier molecular flexibility index (Phi) is 6.95. The predicted octanol–water partition coefficient (Wildman–Crippen LogP) is 3.67. The van der Waals surface area contributed by atoms with Crippen LogP contribution in [-0.4, -0.2) is 38.7 Å². The molecular weight excluding hydrogens is 412 g/mol. The lowest BCUT2D eigenvalue weighted by Crippen LogP contribution is -2.28. The van der Waals surface area contributed by atoms with Crippen LogP contribution in [0.1, 0.15) is 13.3 Å². The molecular formula is C21H23ClN2O4S. The minimum Gasteiger partial charge on any atom is -0.382 e. The summed E-state index contributed by atoms with van der Waals surface area (Å²) in [4.78, 5) is 12.6. The van der Waals surface area contributed by atoms with Crippen LogP contribution in [0.4, 0.5) is 0 Å². The van der Waals surface area contributed by atoms with E-state index in [4.69, 9.17) is 16.3 Å². The lowest BCUT2D eigenvalue weighted by atomic mass is 10.2. The van der Waals surface area contributed by atoms with Crippen LogP contribution in [0.5, 0.6) is 0 Å². The van der Waals surface area contributed by atoms with Gasteiger partial charge in [0.25, 0.3) is 0 Å². The van der Waals surface area contributed by atoms with Gasteiger partial charge in [0, 0.05) is 41.9 Å². The van der Waals surface area contributed by atoms with Crippen molar-refractivity contribution >= 4 is 38.2 Å². The molecule has 0 fully saturated rings. The van der Waals surface area contributed by atoms with Crippen LogP contribution in [0.3, 0.4) is 0 Å². The zero-order valence-corrected chi connectivity index (χ0v) is 17.7. The highest BCUT2D eigenvalue weighted by molar-refractivity contribution is 7.91. The van der Waals surface area contributed by atoms with Crippen molar-refractivity contribution in [1.82, 2.24) is 9.88 Å². The maximum Gasteiger partial charge on any atom is 0.239 e. The Balaban J connectivity index is 1.86. The lowest BCUT2D eigenvalue weighted by molar-refractivity contribution is -0.121. The van der Waals surface area contributed by atoms with Crippen molar-refractivity contribution in [1.29, 1.82) is 0 Å². The minimum absolute atomic E-state index is 0.0330. The van der Waals surface area contributed by atoms with Crippen LogP contribution in [0.2, 0.25) is 5.02 Å². The molecule has 3 aromatic rings. The molecule has 2 aromatic carbocycles. The highest BCUT2D eigenvalue weighted by atomic mass is 35.5. The Labute approximate surface area is 175 Å². The number of nitrogens with one attached hydrogen (secondary N) is 1. The average Bonchev–Trinajstić information content (AvgIpc) is 3.07. The largest absolute Gasteiger partial charge is 0.382 e. The Hall–Kier alpha value is -2.35. The summed E-state index contributed by atoms with van der Waals surface area (Å²) in [7, 11) is -3.75. The normalized spacial score (nSPS) is 11.7. The molecule has 154 valence electrons. The van der Waals surface area contributed by atoms with Gasteiger partial charge < -0.3 is 14.6 Å². The first-order chi connectivity index (χ1) is 13.9. The summed E-state index contributed by atoms with van der Waals surface area (Å²) < 4.78 is 33.2. The summed E-state index contributed by atoms with van der Waals surface area (Å²) >= 11 is 5.88. The van der Waals surface area contributed by atoms with Crippen LogP contribution in [0, 0.1) is 0 Å². The number of para-hydroxylation sites is 1. The summed E-state index contributed by atoms with van der Waals surface area (Å²) in [6.07, 6.45) is 2.25. The molecule has 0 spiro atoms. The fraction of sp³-hybridized carbons (Fsp3) is 0.286. The third-order valence-electron chi connectivity index (χ3n) is 4.47. The van der Waals surface area contributed by atoms with Crippen molar-refractivity contribution in [2.45, 2.75) is 29.7 Å². The predicted molar refractivity (Wildman–Crippen MR) is 113 cm³/mol. The first-order valence-electron chi connectivity index (χ1n) is 9.36. The number of nitrogens with zero attached hydrogens (tertiary/aromatic N) is 1. The lowest BCUT2D eigenvalue weighted by Gasteiger charge is -2.07. The van der Waals surface area contributed by atoms with E-state index >= 15 is 0 Å². The molecule has 1 amide bonds. The van der Waals surface area contributed by atoms with E-state index in [1.54, 1.807) is 34.9 Å². The highest BCUT2D eigenvalue weighted by Gasteiger charge is 2.23. The first kappa shape index (κ1) is 21.4. The number of sulfone groups is 1. The van der Waals surface area contributed by atoms with Gasteiger partial charge in [0.1, 0.15) is 6.54 Å². The second-order valence-electron chi connectivity index (χ2n) is 6.50. The van der Waals surface area contributed by atoms with E-state index in [9.17, 15) is 13.2 Å². The van der Waals surface area contributed by atoms with Crippen LogP contribution >= 0.6 is 11.6 Å². The molecule has 29 heavy (non-hydrogen) atoms. The van der Waals surface area contributed by atoms with Crippen LogP contribution in [0.25, 0.3) is 10.9 Å². The van der Waals surface area contributed by atoms with E-state index in [1.165, 1.54) is 18.3 Å². The van der Waals surface area contributed by atoms with Crippen LogP contribution in [-0.2, 0) is 25.9 Å². The molecule has 0 bridgehead atoms. The molecule has 6 nitrogen and oxygen atoms in total. The van der Waals surface area contributed by atoms with E-state index in [0.717, 1.165) is 6.42 Å². The number of hydrogen-bond acceptors (Lipinski definition) is 4. The number of rotatable bonds is 9. The zero-order valence-electron chi connectivity index (χ0n) is 16.1. The van der Waals surface area contributed by atoms with Crippen molar-refractivity contribution in [2.24, 2.45) is 0 Å². The Bertz CT molecular complexity index is 1090. The van der Waals surface area contributed by atoms with E-state index < -0.39 is 9.84 Å². The monoisotopic (exact) mass is 434 g/mol. The number of fused-ring (bicyclic) bond motifs is 1. The molecule has 0 unspecified atom stereocenters. The van der Waals surface area contributed by atoms with Crippen LogP contribution in [0.15, 0.2) is 64.5 Å². The van der Waals surface area contributed by atoms with E-state index in [2.05, 4.69) is 5.32 Å². The van der Waals surface area contributed by atoms with Crippen molar-refractivity contribution < 1.29 is 17.9 Å². The van der Waals surface area contributed by atoms with Gasteiger partial charge in [-0.1, -0.05) is 29.8 Å². The fourth-order valence-electron chi connectivity index (χ4n) is 3.06. The van der Waals surface area contributed by atoms with Gasteiger partial charge in [0.15, 0.2) is 0 Å². The highest BCUT2D eigenvalue weighted by Crippen LogP contribution is 2.30. The molecule has 0 atom stereocenters. The van der Waals surface area contributed by atoms with Gasteiger partial charge in [-0.25, -0.2) is 8.42 Å². The third-order valence-corrected chi connectivity index (χ3v) is 6.52. The standard InChI is InChI=1S/C21H23ClN2O4S/c1-2-28-13-5-12-23-21(25)15-24-14-20(18-6-3-4-7-19(18)24)29(26,27)17-10-8-16(22)9-11-17/h3-4,6-11,14H,2,5,12-13,15H2,1H3,(H,23,25). The topological polar surface area (TPSA) is 77.4 Å². The quantitative estimate of drug-likeness (QED) is 0.521. The van der Waals surface area contributed by atoms with Gasteiger partial charge in [-0.2, -0.15) is 0 Å². The van der Waals surface area contributed by atoms with Gasteiger partial charge in [0.2, 0.25) is 15.7 Å². The second kappa shape index (κ2) is 9.43. The maximum atomic E-state index is 13.2. The Morgan fingerprint density at radius 2 is 1.86 bits per heavy atom. The minimum atomic E-state index is -3.75. The van der Waals surface area contributed by atoms with E-state index in [-0.39, 0.29) is 22.2 Å². The Morgan fingerprint density at radius 3 is 2.59 bits per heavy atom. The SMILES string of the molecule is CCOCCCNC(=O)Cn1cc(S(=O)(=O)c2ccc(Cl)cc2)c2ccccc21. The summed E-state index contributed by atoms with van der Waals surface area (Å²) in [5.74, 6) is -0.183. The number of carbonyl (C=O) groups is 1. The van der Waals surface area contributed by atoms with Gasteiger partial charge in [-0.3, -0.25) is 4.79 Å². The molecule has 1 N–H and O–H groups in total. The Morgan fingerprint density at radius 1 is 1.14 bits per heavy atom. The molecule has 1 aromatic heterocycles. The number of benzene rings is 2. The van der Waals surface area contributed by atoms with Gasteiger partial charge >= 0.3 is 0 Å². The fourth-order valence-corrected chi connectivity index (χ4v) is 4.66. The zero-order chi connectivity index (χ0) is 20.9. The summed E-state index contributed by atoms with van der Waals surface area (Å²) in [6.45, 7) is 3.70. The van der Waals surface area contributed by atoms with Crippen molar-refractivity contribution in [2.75, 3.05) is 19.8 Å². The molecule has 0 radical (unpaired) electrons. The number of hydrogen-bond donors (Lipinski definition) is 1. The van der Waals surface area contributed by atoms with E-state index in [1.807, 2.05) is 13.0 Å². The van der Waals surface area contributed by atoms with Gasteiger partial charge in [-0.05, 0) is 43.7 Å². The molecule has 0 aliphatic rings. The summed E-state index contributed by atoms with van der Waals surface area (Å²) in [5, 5.41) is 3.88. The van der Waals surface area contributed by atoms with Crippen molar-refractivity contribution in [3.8, 4) is 0 Å². The van der Waals surface area contributed by atoms with Crippen molar-refractivity contribution in [3.63, 3.8) is 0 Å². The van der Waals surface area contributed by atoms with Crippen LogP contribution < -0.4 is 5.32 Å². The molecule has 0 saturated heterocycles. The summed E-state index contributed by atoms with van der Waals surface area (Å²) in [5.41, 5.74) is 0.685. The molecule has 0 aliphatic heterocycles.